The van der Waals surface area contributed by atoms with Crippen LogP contribution in [-0.4, -0.2) is 17.6 Å². The summed E-state index contributed by atoms with van der Waals surface area (Å²) in [5, 5.41) is 11.0. The van der Waals surface area contributed by atoms with Crippen LogP contribution in [0.2, 0.25) is 0 Å². The molecule has 1 N–H and O–H groups in total. The Kier molecular flexibility index (Phi) is 4.74. The average molecular weight is 278 g/mol. The highest BCUT2D eigenvalue weighted by Crippen LogP contribution is 2.14. The second-order valence-electron chi connectivity index (χ2n) is 4.53. The predicted molar refractivity (Wildman–Crippen MR) is 75.3 cm³/mol. The van der Waals surface area contributed by atoms with Crippen molar-refractivity contribution in [3.8, 4) is 0 Å². The Hall–Kier alpha value is -1.62. The number of nitrogens with one attached hydrogen (secondary N) is 1. The van der Waals surface area contributed by atoms with Gasteiger partial charge in [0.05, 0.1) is 5.69 Å². The lowest BCUT2D eigenvalue weighted by molar-refractivity contribution is -0.121. The third-order valence-electron chi connectivity index (χ3n) is 3.10. The highest BCUT2D eigenvalue weighted by atomic mass is 32.1. The van der Waals surface area contributed by atoms with Gasteiger partial charge < -0.3 is 9.84 Å². The van der Waals surface area contributed by atoms with Gasteiger partial charge in [-0.15, -0.1) is 0 Å². The molecule has 0 saturated heterocycles. The predicted octanol–water partition coefficient (Wildman–Crippen LogP) is 2.64. The van der Waals surface area contributed by atoms with E-state index in [0.717, 1.165) is 23.4 Å². The van der Waals surface area contributed by atoms with Crippen molar-refractivity contribution in [1.82, 2.24) is 10.5 Å². The van der Waals surface area contributed by atoms with Gasteiger partial charge in [-0.25, -0.2) is 0 Å². The van der Waals surface area contributed by atoms with E-state index in [1.807, 2.05) is 13.8 Å². The van der Waals surface area contributed by atoms with Crippen LogP contribution < -0.4 is 5.32 Å². The summed E-state index contributed by atoms with van der Waals surface area (Å²) < 4.78 is 5.08. The van der Waals surface area contributed by atoms with Crippen LogP contribution in [0.3, 0.4) is 0 Å². The zero-order chi connectivity index (χ0) is 13.7. The van der Waals surface area contributed by atoms with Crippen LogP contribution in [0.1, 0.15) is 29.0 Å². The Morgan fingerprint density at radius 2 is 2.26 bits per heavy atom. The van der Waals surface area contributed by atoms with Gasteiger partial charge in [-0.3, -0.25) is 4.79 Å². The second-order valence-corrected chi connectivity index (χ2v) is 5.31. The molecule has 0 unspecified atom stereocenters. The molecule has 2 aromatic heterocycles. The smallest absolute Gasteiger partial charge is 0.220 e. The number of amides is 1. The summed E-state index contributed by atoms with van der Waals surface area (Å²) in [5.74, 6) is 0.888. The number of rotatable bonds is 6. The summed E-state index contributed by atoms with van der Waals surface area (Å²) in [5.41, 5.74) is 3.20. The molecule has 0 aliphatic heterocycles. The first-order chi connectivity index (χ1) is 9.16. The Balaban J connectivity index is 1.70. The molecule has 2 heterocycles. The molecule has 102 valence electrons. The van der Waals surface area contributed by atoms with Gasteiger partial charge in [0.15, 0.2) is 0 Å². The third-order valence-corrected chi connectivity index (χ3v) is 3.83. The molecule has 0 radical (unpaired) electrons. The molecule has 0 saturated carbocycles. The number of hydrogen-bond acceptors (Lipinski definition) is 4. The van der Waals surface area contributed by atoms with Gasteiger partial charge in [0.1, 0.15) is 5.76 Å². The maximum atomic E-state index is 11.7. The zero-order valence-corrected chi connectivity index (χ0v) is 12.0. The molecule has 0 atom stereocenters. The molecule has 19 heavy (non-hydrogen) atoms. The lowest BCUT2D eigenvalue weighted by atomic mass is 10.1. The molecule has 0 spiro atoms. The second kappa shape index (κ2) is 6.52. The van der Waals surface area contributed by atoms with E-state index in [1.165, 1.54) is 5.56 Å². The van der Waals surface area contributed by atoms with E-state index in [2.05, 4.69) is 27.3 Å². The van der Waals surface area contributed by atoms with Crippen molar-refractivity contribution in [3.05, 3.63) is 39.4 Å². The van der Waals surface area contributed by atoms with E-state index < -0.39 is 0 Å². The van der Waals surface area contributed by atoms with E-state index >= 15 is 0 Å². The number of nitrogens with zero attached hydrogens (tertiary/aromatic N) is 1. The molecular formula is C14H18N2O2S. The molecule has 1 amide bonds. The molecule has 0 fully saturated rings. The minimum atomic E-state index is 0.0789. The average Bonchev–Trinajstić information content (AvgIpc) is 2.99. The lowest BCUT2D eigenvalue weighted by Crippen LogP contribution is -2.25. The summed E-state index contributed by atoms with van der Waals surface area (Å²) >= 11 is 1.68. The van der Waals surface area contributed by atoms with E-state index in [0.29, 0.717) is 19.4 Å². The van der Waals surface area contributed by atoms with E-state index in [-0.39, 0.29) is 5.91 Å². The van der Waals surface area contributed by atoms with Crippen LogP contribution in [0, 0.1) is 13.8 Å². The Labute approximate surface area is 116 Å². The quantitative estimate of drug-likeness (QED) is 0.883. The number of hydrogen-bond donors (Lipinski definition) is 1. The standard InChI is InChI=1S/C14H18N2O2S/c1-10-13(11(2)18-16-10)3-4-14(17)15-7-5-12-6-8-19-9-12/h6,8-9H,3-5,7H2,1-2H3,(H,15,17). The number of thiophene rings is 1. The molecule has 0 aliphatic carbocycles. The topological polar surface area (TPSA) is 55.1 Å². The van der Waals surface area contributed by atoms with Crippen LogP contribution in [0.15, 0.2) is 21.3 Å². The fraction of sp³-hybridized carbons (Fsp3) is 0.429. The summed E-state index contributed by atoms with van der Waals surface area (Å²) in [6, 6.07) is 2.08. The van der Waals surface area contributed by atoms with Gasteiger partial charge in [-0.2, -0.15) is 11.3 Å². The number of aryl methyl sites for hydroxylation is 2. The maximum absolute atomic E-state index is 11.7. The molecule has 2 rings (SSSR count). The van der Waals surface area contributed by atoms with Crippen LogP contribution in [0.25, 0.3) is 0 Å². The first-order valence-electron chi connectivity index (χ1n) is 6.36. The van der Waals surface area contributed by atoms with E-state index in [1.54, 1.807) is 11.3 Å². The lowest BCUT2D eigenvalue weighted by Gasteiger charge is -2.04. The summed E-state index contributed by atoms with van der Waals surface area (Å²) in [7, 11) is 0. The van der Waals surface area contributed by atoms with Crippen molar-refractivity contribution >= 4 is 17.2 Å². The normalized spacial score (nSPS) is 10.6. The number of carbonyl (C=O) groups is 1. The van der Waals surface area contributed by atoms with Crippen molar-refractivity contribution in [2.75, 3.05) is 6.54 Å². The van der Waals surface area contributed by atoms with Crippen LogP contribution >= 0.6 is 11.3 Å². The molecule has 0 aromatic carbocycles. The van der Waals surface area contributed by atoms with Gasteiger partial charge >= 0.3 is 0 Å². The Morgan fingerprint density at radius 1 is 1.42 bits per heavy atom. The van der Waals surface area contributed by atoms with Crippen molar-refractivity contribution < 1.29 is 9.32 Å². The van der Waals surface area contributed by atoms with Crippen molar-refractivity contribution in [2.24, 2.45) is 0 Å². The molecular weight excluding hydrogens is 260 g/mol. The number of carbonyl (C=O) groups excluding carboxylic acids is 1. The van der Waals surface area contributed by atoms with E-state index in [9.17, 15) is 4.79 Å². The zero-order valence-electron chi connectivity index (χ0n) is 11.2. The van der Waals surface area contributed by atoms with Gasteiger partial charge in [0.2, 0.25) is 5.91 Å². The van der Waals surface area contributed by atoms with Crippen LogP contribution in [0.5, 0.6) is 0 Å². The van der Waals surface area contributed by atoms with Crippen LogP contribution in [0.4, 0.5) is 0 Å². The highest BCUT2D eigenvalue weighted by molar-refractivity contribution is 7.07. The summed E-state index contributed by atoms with van der Waals surface area (Å²) in [4.78, 5) is 11.7. The SMILES string of the molecule is Cc1noc(C)c1CCC(=O)NCCc1ccsc1. The largest absolute Gasteiger partial charge is 0.361 e. The van der Waals surface area contributed by atoms with Gasteiger partial charge in [0, 0.05) is 18.5 Å². The first-order valence-corrected chi connectivity index (χ1v) is 7.30. The van der Waals surface area contributed by atoms with Crippen molar-refractivity contribution in [1.29, 1.82) is 0 Å². The molecule has 0 aliphatic rings. The summed E-state index contributed by atoms with van der Waals surface area (Å²) in [6.45, 7) is 4.47. The monoisotopic (exact) mass is 278 g/mol. The highest BCUT2D eigenvalue weighted by Gasteiger charge is 2.10. The van der Waals surface area contributed by atoms with Gasteiger partial charge in [-0.05, 0) is 49.1 Å². The molecule has 0 bridgehead atoms. The van der Waals surface area contributed by atoms with Crippen LogP contribution in [-0.2, 0) is 17.6 Å². The third kappa shape index (κ3) is 3.92. The van der Waals surface area contributed by atoms with E-state index in [4.69, 9.17) is 4.52 Å². The fourth-order valence-corrected chi connectivity index (χ4v) is 2.67. The minimum Gasteiger partial charge on any atom is -0.361 e. The molecule has 4 nitrogen and oxygen atoms in total. The minimum absolute atomic E-state index is 0.0789. The van der Waals surface area contributed by atoms with Crippen molar-refractivity contribution in [2.45, 2.75) is 33.1 Å². The number of aromatic nitrogens is 1. The summed E-state index contributed by atoms with van der Waals surface area (Å²) in [6.07, 6.45) is 2.05. The Morgan fingerprint density at radius 3 is 2.89 bits per heavy atom. The van der Waals surface area contributed by atoms with Gasteiger partial charge in [0.25, 0.3) is 0 Å². The van der Waals surface area contributed by atoms with Gasteiger partial charge in [-0.1, -0.05) is 5.16 Å². The molecule has 2 aromatic rings. The maximum Gasteiger partial charge on any atom is 0.220 e. The Bertz CT molecular complexity index is 512. The first kappa shape index (κ1) is 13.8. The fourth-order valence-electron chi connectivity index (χ4n) is 1.97. The molecule has 5 heteroatoms. The van der Waals surface area contributed by atoms with Crippen molar-refractivity contribution in [3.63, 3.8) is 0 Å².